The average Bonchev–Trinajstić information content (AvgIpc) is 2.93. The van der Waals surface area contributed by atoms with Gasteiger partial charge in [-0.15, -0.1) is 0 Å². The molecule has 2 aliphatic rings. The Labute approximate surface area is 165 Å². The van der Waals surface area contributed by atoms with Gasteiger partial charge >= 0.3 is 0 Å². The third kappa shape index (κ3) is 3.66. The zero-order valence-electron chi connectivity index (χ0n) is 16.6. The number of halogens is 1. The van der Waals surface area contributed by atoms with Crippen LogP contribution in [0.25, 0.3) is 0 Å². The SMILES string of the molecule is Cc1cc(N=CC2C(=O)Nc3ccc(F)cc32)ccc1N1CC(C)CC(C)C1. The molecule has 1 saturated heterocycles. The fourth-order valence-electron chi connectivity index (χ4n) is 4.50. The lowest BCUT2D eigenvalue weighted by molar-refractivity contribution is -0.115. The summed E-state index contributed by atoms with van der Waals surface area (Å²) in [5.41, 5.74) is 4.53. The average molecular weight is 379 g/mol. The second-order valence-electron chi connectivity index (χ2n) is 8.30. The Bertz CT molecular complexity index is 929. The Morgan fingerprint density at radius 1 is 1.14 bits per heavy atom. The van der Waals surface area contributed by atoms with E-state index in [2.05, 4.69) is 48.1 Å². The molecule has 2 aromatic carbocycles. The number of nitrogens with one attached hydrogen (secondary N) is 1. The second-order valence-corrected chi connectivity index (χ2v) is 8.30. The standard InChI is InChI=1S/C23H26FN3O/c1-14-8-15(2)13-27(12-14)22-7-5-18(9-16(22)3)25-11-20-19-10-17(24)4-6-21(19)26-23(20)28/h4-7,9-11,14-15,20H,8,12-13H2,1-3H3,(H,26,28). The Morgan fingerprint density at radius 3 is 2.61 bits per heavy atom. The van der Waals surface area contributed by atoms with E-state index in [9.17, 15) is 9.18 Å². The van der Waals surface area contributed by atoms with Gasteiger partial charge in [0.1, 0.15) is 11.7 Å². The number of fused-ring (bicyclic) bond motifs is 1. The summed E-state index contributed by atoms with van der Waals surface area (Å²) in [6.45, 7) is 8.88. The molecule has 0 saturated carbocycles. The number of nitrogens with zero attached hydrogens (tertiary/aromatic N) is 2. The summed E-state index contributed by atoms with van der Waals surface area (Å²) < 4.78 is 13.6. The molecule has 3 atom stereocenters. The van der Waals surface area contributed by atoms with Gasteiger partial charge in [-0.1, -0.05) is 13.8 Å². The molecule has 1 fully saturated rings. The Morgan fingerprint density at radius 2 is 1.89 bits per heavy atom. The molecule has 3 unspecified atom stereocenters. The molecule has 28 heavy (non-hydrogen) atoms. The second kappa shape index (κ2) is 7.38. The summed E-state index contributed by atoms with van der Waals surface area (Å²) in [5, 5.41) is 2.78. The summed E-state index contributed by atoms with van der Waals surface area (Å²) in [7, 11) is 0. The van der Waals surface area contributed by atoms with Crippen LogP contribution in [0.5, 0.6) is 0 Å². The van der Waals surface area contributed by atoms with Gasteiger partial charge in [0.05, 0.1) is 5.69 Å². The van der Waals surface area contributed by atoms with E-state index < -0.39 is 5.92 Å². The van der Waals surface area contributed by atoms with Crippen molar-refractivity contribution in [3.63, 3.8) is 0 Å². The van der Waals surface area contributed by atoms with Crippen molar-refractivity contribution in [3.8, 4) is 0 Å². The molecule has 1 N–H and O–H groups in total. The summed E-state index contributed by atoms with van der Waals surface area (Å²) in [6, 6.07) is 10.5. The van der Waals surface area contributed by atoms with E-state index in [1.807, 2.05) is 6.07 Å². The fourth-order valence-corrected chi connectivity index (χ4v) is 4.50. The monoisotopic (exact) mass is 379 g/mol. The highest BCUT2D eigenvalue weighted by molar-refractivity contribution is 6.12. The third-order valence-electron chi connectivity index (χ3n) is 5.65. The van der Waals surface area contributed by atoms with Gasteiger partial charge in [0, 0.05) is 30.7 Å². The highest BCUT2D eigenvalue weighted by Crippen LogP contribution is 2.33. The molecule has 2 heterocycles. The molecular formula is C23H26FN3O. The van der Waals surface area contributed by atoms with Crippen molar-refractivity contribution in [1.29, 1.82) is 0 Å². The van der Waals surface area contributed by atoms with Gasteiger partial charge in [0.2, 0.25) is 5.91 Å². The van der Waals surface area contributed by atoms with Crippen molar-refractivity contribution >= 4 is 29.2 Å². The number of anilines is 2. The normalized spacial score (nSPS) is 24.5. The lowest BCUT2D eigenvalue weighted by Gasteiger charge is -2.37. The number of carbonyl (C=O) groups excluding carboxylic acids is 1. The molecule has 146 valence electrons. The van der Waals surface area contributed by atoms with Crippen LogP contribution in [0.2, 0.25) is 0 Å². The first kappa shape index (κ1) is 18.7. The van der Waals surface area contributed by atoms with Crippen LogP contribution in [-0.2, 0) is 4.79 Å². The maximum absolute atomic E-state index is 13.6. The number of amides is 1. The number of aliphatic imine (C=N–C) groups is 1. The summed E-state index contributed by atoms with van der Waals surface area (Å²) in [4.78, 5) is 19.2. The molecule has 4 nitrogen and oxygen atoms in total. The predicted molar refractivity (Wildman–Crippen MR) is 112 cm³/mol. The smallest absolute Gasteiger partial charge is 0.237 e. The molecule has 1 amide bonds. The van der Waals surface area contributed by atoms with Crippen LogP contribution in [0.15, 0.2) is 41.4 Å². The minimum absolute atomic E-state index is 0.172. The van der Waals surface area contributed by atoms with E-state index in [-0.39, 0.29) is 11.7 Å². The number of hydrogen-bond acceptors (Lipinski definition) is 3. The van der Waals surface area contributed by atoms with Gasteiger partial charge < -0.3 is 10.2 Å². The number of carbonyl (C=O) groups is 1. The van der Waals surface area contributed by atoms with Crippen molar-refractivity contribution in [2.75, 3.05) is 23.3 Å². The topological polar surface area (TPSA) is 44.7 Å². The van der Waals surface area contributed by atoms with E-state index in [0.29, 0.717) is 23.1 Å². The van der Waals surface area contributed by atoms with E-state index in [1.54, 1.807) is 12.3 Å². The minimum atomic E-state index is -0.561. The molecule has 2 aliphatic heterocycles. The van der Waals surface area contributed by atoms with Gasteiger partial charge in [0.25, 0.3) is 0 Å². The van der Waals surface area contributed by atoms with Gasteiger partial charge in [0.15, 0.2) is 0 Å². The van der Waals surface area contributed by atoms with Crippen LogP contribution >= 0.6 is 0 Å². The van der Waals surface area contributed by atoms with Crippen LogP contribution < -0.4 is 10.2 Å². The zero-order chi connectivity index (χ0) is 19.8. The third-order valence-corrected chi connectivity index (χ3v) is 5.65. The zero-order valence-corrected chi connectivity index (χ0v) is 16.6. The Kier molecular flexibility index (Phi) is 4.92. The predicted octanol–water partition coefficient (Wildman–Crippen LogP) is 5.05. The Hall–Kier alpha value is -2.69. The maximum Gasteiger partial charge on any atom is 0.237 e. The number of aryl methyl sites for hydroxylation is 1. The van der Waals surface area contributed by atoms with Crippen LogP contribution in [0.4, 0.5) is 21.5 Å². The van der Waals surface area contributed by atoms with Crippen LogP contribution in [-0.4, -0.2) is 25.2 Å². The first-order valence-corrected chi connectivity index (χ1v) is 9.91. The molecule has 0 aromatic heterocycles. The number of benzene rings is 2. The number of piperidine rings is 1. The summed E-state index contributed by atoms with van der Waals surface area (Å²) >= 11 is 0. The quantitative estimate of drug-likeness (QED) is 0.758. The van der Waals surface area contributed by atoms with E-state index in [0.717, 1.165) is 18.8 Å². The van der Waals surface area contributed by atoms with Crippen molar-refractivity contribution in [3.05, 3.63) is 53.3 Å². The van der Waals surface area contributed by atoms with Crippen LogP contribution in [0.3, 0.4) is 0 Å². The lowest BCUT2D eigenvalue weighted by atomic mass is 9.91. The largest absolute Gasteiger partial charge is 0.371 e. The van der Waals surface area contributed by atoms with Gasteiger partial charge in [-0.3, -0.25) is 9.79 Å². The minimum Gasteiger partial charge on any atom is -0.371 e. The highest BCUT2D eigenvalue weighted by atomic mass is 19.1. The van der Waals surface area contributed by atoms with Crippen LogP contribution in [0, 0.1) is 24.6 Å². The first-order valence-electron chi connectivity index (χ1n) is 9.91. The summed E-state index contributed by atoms with van der Waals surface area (Å²) in [5.74, 6) is 0.312. The van der Waals surface area contributed by atoms with Crippen LogP contribution in [0.1, 0.15) is 37.3 Å². The van der Waals surface area contributed by atoms with Crippen molar-refractivity contribution in [1.82, 2.24) is 0 Å². The van der Waals surface area contributed by atoms with Crippen molar-refractivity contribution in [2.24, 2.45) is 16.8 Å². The fraction of sp³-hybridized carbons (Fsp3) is 0.391. The molecule has 0 spiro atoms. The van der Waals surface area contributed by atoms with Crippen molar-refractivity contribution in [2.45, 2.75) is 33.1 Å². The first-order chi connectivity index (χ1) is 13.4. The van der Waals surface area contributed by atoms with Crippen molar-refractivity contribution < 1.29 is 9.18 Å². The summed E-state index contributed by atoms with van der Waals surface area (Å²) in [6.07, 6.45) is 2.89. The number of rotatable bonds is 3. The molecule has 4 rings (SSSR count). The van der Waals surface area contributed by atoms with Gasteiger partial charge in [-0.25, -0.2) is 4.39 Å². The maximum atomic E-state index is 13.6. The van der Waals surface area contributed by atoms with E-state index >= 15 is 0 Å². The molecule has 0 aliphatic carbocycles. The molecule has 0 radical (unpaired) electrons. The molecule has 0 bridgehead atoms. The number of hydrogen-bond donors (Lipinski definition) is 1. The Balaban J connectivity index is 1.54. The van der Waals surface area contributed by atoms with Gasteiger partial charge in [-0.05, 0) is 72.7 Å². The lowest BCUT2D eigenvalue weighted by Crippen LogP contribution is -2.39. The van der Waals surface area contributed by atoms with Gasteiger partial charge in [-0.2, -0.15) is 0 Å². The van der Waals surface area contributed by atoms with E-state index in [4.69, 9.17) is 0 Å². The molecular weight excluding hydrogens is 353 g/mol. The molecule has 2 aromatic rings. The van der Waals surface area contributed by atoms with E-state index in [1.165, 1.54) is 29.8 Å². The highest BCUT2D eigenvalue weighted by Gasteiger charge is 2.29. The molecule has 5 heteroatoms.